The minimum absolute atomic E-state index is 0.175. The van der Waals surface area contributed by atoms with Gasteiger partial charge >= 0.3 is 5.97 Å². The number of esters is 1. The van der Waals surface area contributed by atoms with Crippen LogP contribution in [0.15, 0.2) is 84.9 Å². The highest BCUT2D eigenvalue weighted by atomic mass is 32.1. The van der Waals surface area contributed by atoms with Crippen molar-refractivity contribution in [3.63, 3.8) is 0 Å². The number of benzene rings is 3. The van der Waals surface area contributed by atoms with Crippen LogP contribution in [0.5, 0.6) is 11.5 Å². The Bertz CT molecular complexity index is 1450. The first-order valence-corrected chi connectivity index (χ1v) is 15.0. The van der Waals surface area contributed by atoms with Gasteiger partial charge in [-0.3, -0.25) is 4.90 Å². The number of ether oxygens (including phenoxy) is 2. The monoisotopic (exact) mass is 569 g/mol. The lowest BCUT2D eigenvalue weighted by Gasteiger charge is -2.40. The second-order valence-corrected chi connectivity index (χ2v) is 12.7. The Morgan fingerprint density at radius 2 is 1.63 bits per heavy atom. The van der Waals surface area contributed by atoms with Crippen LogP contribution in [0.4, 0.5) is 5.00 Å². The third-order valence-electron chi connectivity index (χ3n) is 7.35. The van der Waals surface area contributed by atoms with E-state index in [1.807, 2.05) is 69.3 Å². The average molecular weight is 570 g/mol. The molecule has 1 aliphatic heterocycles. The first kappa shape index (κ1) is 28.9. The van der Waals surface area contributed by atoms with Crippen molar-refractivity contribution in [1.82, 2.24) is 10.2 Å². The molecule has 7 heteroatoms. The lowest BCUT2D eigenvalue weighted by Crippen LogP contribution is -2.47. The van der Waals surface area contributed by atoms with Crippen LogP contribution in [-0.4, -0.2) is 29.1 Å². The molecule has 1 aromatic heterocycles. The Morgan fingerprint density at radius 3 is 2.29 bits per heavy atom. The van der Waals surface area contributed by atoms with Crippen LogP contribution >= 0.6 is 11.3 Å². The zero-order chi connectivity index (χ0) is 29.0. The van der Waals surface area contributed by atoms with Crippen LogP contribution < -0.4 is 15.8 Å². The molecule has 0 radical (unpaired) electrons. The normalized spacial score (nSPS) is 16.1. The predicted molar refractivity (Wildman–Crippen MR) is 166 cm³/mol. The molecule has 3 N–H and O–H groups in total. The van der Waals surface area contributed by atoms with Crippen LogP contribution in [0, 0.1) is 0 Å². The minimum atomic E-state index is -0.580. The number of fused-ring (bicyclic) bond motifs is 1. The lowest BCUT2D eigenvalue weighted by atomic mass is 9.93. The Labute approximate surface area is 247 Å². The van der Waals surface area contributed by atoms with E-state index < -0.39 is 5.60 Å². The third kappa shape index (κ3) is 7.17. The Balaban J connectivity index is 1.31. The maximum absolute atomic E-state index is 13.2. The van der Waals surface area contributed by atoms with E-state index in [4.69, 9.17) is 15.2 Å². The molecule has 2 heterocycles. The standard InChI is InChI=1S/C34H39N3O3S/c1-23(25-11-7-5-8-12-25)37-22-30-29(31(32(35)41-30)33(38)40-34(2,3)4)19-26(37)21-36-20-24-15-17-28(18-16-24)39-27-13-9-6-10-14-27/h5-18,23,26,36H,19-22,35H2,1-4H3/t23-,26-/m0/s1. The molecule has 3 aromatic carbocycles. The summed E-state index contributed by atoms with van der Waals surface area (Å²) in [6.07, 6.45) is 0.728. The van der Waals surface area contributed by atoms with Crippen molar-refractivity contribution in [1.29, 1.82) is 0 Å². The molecule has 41 heavy (non-hydrogen) atoms. The molecule has 0 unspecified atom stereocenters. The molecule has 0 saturated heterocycles. The summed E-state index contributed by atoms with van der Waals surface area (Å²) in [4.78, 5) is 16.8. The Morgan fingerprint density at radius 1 is 1.00 bits per heavy atom. The third-order valence-corrected chi connectivity index (χ3v) is 8.39. The summed E-state index contributed by atoms with van der Waals surface area (Å²) < 4.78 is 11.7. The first-order chi connectivity index (χ1) is 19.7. The zero-order valence-electron chi connectivity index (χ0n) is 24.2. The molecule has 0 saturated carbocycles. The molecular formula is C34H39N3O3S. The van der Waals surface area contributed by atoms with Gasteiger partial charge in [-0.1, -0.05) is 60.7 Å². The molecule has 6 nitrogen and oxygen atoms in total. The minimum Gasteiger partial charge on any atom is -0.457 e. The highest BCUT2D eigenvalue weighted by Crippen LogP contribution is 2.40. The summed E-state index contributed by atoms with van der Waals surface area (Å²) in [6, 6.07) is 28.9. The Kier molecular flexibility index (Phi) is 8.78. The van der Waals surface area contributed by atoms with Crippen molar-refractivity contribution < 1.29 is 14.3 Å². The number of rotatable bonds is 9. The second kappa shape index (κ2) is 12.5. The maximum Gasteiger partial charge on any atom is 0.341 e. The first-order valence-electron chi connectivity index (χ1n) is 14.1. The van der Waals surface area contributed by atoms with E-state index >= 15 is 0 Å². The lowest BCUT2D eigenvalue weighted by molar-refractivity contribution is 0.00686. The van der Waals surface area contributed by atoms with Gasteiger partial charge in [0.1, 0.15) is 22.1 Å². The topological polar surface area (TPSA) is 76.8 Å². The summed E-state index contributed by atoms with van der Waals surface area (Å²) in [5.41, 5.74) is 9.88. The van der Waals surface area contributed by atoms with Gasteiger partial charge in [-0.15, -0.1) is 11.3 Å². The number of nitrogens with zero attached hydrogens (tertiary/aromatic N) is 1. The summed E-state index contributed by atoms with van der Waals surface area (Å²) in [6.45, 7) is 10.1. The fourth-order valence-electron chi connectivity index (χ4n) is 5.33. The van der Waals surface area contributed by atoms with Crippen LogP contribution in [-0.2, 0) is 24.2 Å². The van der Waals surface area contributed by atoms with Gasteiger partial charge in [0, 0.05) is 36.6 Å². The number of hydrogen-bond acceptors (Lipinski definition) is 7. The van der Waals surface area contributed by atoms with Gasteiger partial charge in [-0.25, -0.2) is 4.79 Å². The van der Waals surface area contributed by atoms with Crippen molar-refractivity contribution in [2.75, 3.05) is 12.3 Å². The van der Waals surface area contributed by atoms with E-state index in [0.29, 0.717) is 10.6 Å². The number of nitrogen functional groups attached to an aromatic ring is 1. The molecule has 0 spiro atoms. The van der Waals surface area contributed by atoms with E-state index in [1.165, 1.54) is 22.5 Å². The molecule has 214 valence electrons. The van der Waals surface area contributed by atoms with Crippen molar-refractivity contribution in [2.24, 2.45) is 0 Å². The van der Waals surface area contributed by atoms with Gasteiger partial charge in [0.05, 0.1) is 5.56 Å². The summed E-state index contributed by atoms with van der Waals surface area (Å²) >= 11 is 1.52. The maximum atomic E-state index is 13.2. The number of thiophene rings is 1. The van der Waals surface area contributed by atoms with Crippen LogP contribution in [0.25, 0.3) is 0 Å². The van der Waals surface area contributed by atoms with E-state index in [-0.39, 0.29) is 18.1 Å². The van der Waals surface area contributed by atoms with Gasteiger partial charge < -0.3 is 20.5 Å². The van der Waals surface area contributed by atoms with Crippen LogP contribution in [0.2, 0.25) is 0 Å². The molecule has 5 rings (SSSR count). The van der Waals surface area contributed by atoms with Crippen LogP contribution in [0.3, 0.4) is 0 Å². The number of carbonyl (C=O) groups excluding carboxylic acids is 1. The predicted octanol–water partition coefficient (Wildman–Crippen LogP) is 7.36. The van der Waals surface area contributed by atoms with Gasteiger partial charge in [0.15, 0.2) is 0 Å². The number of para-hydroxylation sites is 1. The fraction of sp³-hybridized carbons (Fsp3) is 0.324. The number of anilines is 1. The molecule has 0 fully saturated rings. The Hall–Kier alpha value is -3.65. The molecular weight excluding hydrogens is 530 g/mol. The van der Waals surface area contributed by atoms with Crippen LogP contribution in [0.1, 0.15) is 65.7 Å². The van der Waals surface area contributed by atoms with Crippen molar-refractivity contribution in [3.8, 4) is 11.5 Å². The summed E-state index contributed by atoms with van der Waals surface area (Å²) in [5.74, 6) is 1.30. The zero-order valence-corrected chi connectivity index (χ0v) is 25.0. The summed E-state index contributed by atoms with van der Waals surface area (Å²) in [5, 5.41) is 4.22. The van der Waals surface area contributed by atoms with E-state index in [1.54, 1.807) is 0 Å². The van der Waals surface area contributed by atoms with Gasteiger partial charge in [0.2, 0.25) is 0 Å². The molecule has 0 amide bonds. The van der Waals surface area contributed by atoms with Gasteiger partial charge in [0.25, 0.3) is 0 Å². The smallest absolute Gasteiger partial charge is 0.341 e. The van der Waals surface area contributed by atoms with Crippen molar-refractivity contribution in [2.45, 2.75) is 64.9 Å². The van der Waals surface area contributed by atoms with E-state index in [9.17, 15) is 4.79 Å². The van der Waals surface area contributed by atoms with E-state index in [2.05, 4.69) is 53.5 Å². The molecule has 0 aliphatic carbocycles. The quantitative estimate of drug-likeness (QED) is 0.205. The highest BCUT2D eigenvalue weighted by molar-refractivity contribution is 7.16. The highest BCUT2D eigenvalue weighted by Gasteiger charge is 2.36. The van der Waals surface area contributed by atoms with E-state index in [0.717, 1.165) is 48.0 Å². The largest absolute Gasteiger partial charge is 0.457 e. The van der Waals surface area contributed by atoms with Crippen molar-refractivity contribution in [3.05, 3.63) is 112 Å². The number of nitrogens with one attached hydrogen (secondary N) is 1. The molecule has 2 atom stereocenters. The fourth-order valence-corrected chi connectivity index (χ4v) is 6.42. The molecule has 1 aliphatic rings. The SMILES string of the molecule is C[C@@H](c1ccccc1)N1Cc2sc(N)c(C(=O)OC(C)(C)C)c2C[C@H]1CNCc1ccc(Oc2ccccc2)cc1. The molecule has 0 bridgehead atoms. The molecule has 4 aromatic rings. The van der Waals surface area contributed by atoms with Gasteiger partial charge in [-0.2, -0.15) is 0 Å². The number of nitrogens with two attached hydrogens (primary N) is 1. The van der Waals surface area contributed by atoms with Gasteiger partial charge in [-0.05, 0) is 75.1 Å². The summed E-state index contributed by atoms with van der Waals surface area (Å²) in [7, 11) is 0. The average Bonchev–Trinajstić information content (AvgIpc) is 3.28. The second-order valence-electron chi connectivity index (χ2n) is 11.6. The number of carbonyl (C=O) groups is 1. The number of hydrogen-bond donors (Lipinski definition) is 2. The van der Waals surface area contributed by atoms with Crippen molar-refractivity contribution >= 4 is 22.3 Å².